The van der Waals surface area contributed by atoms with E-state index in [1.165, 1.54) is 25.1 Å². The van der Waals surface area contributed by atoms with E-state index in [0.29, 0.717) is 22.5 Å². The molecule has 2 aromatic carbocycles. The maximum atomic E-state index is 13.3. The number of carbonyl (C=O) groups is 2. The van der Waals surface area contributed by atoms with Gasteiger partial charge in [0.05, 0.1) is 11.4 Å². The molecule has 114 valence electrons. The van der Waals surface area contributed by atoms with Gasteiger partial charge in [-0.05, 0) is 48.9 Å². The van der Waals surface area contributed by atoms with Crippen molar-refractivity contribution in [2.24, 2.45) is 0 Å². The summed E-state index contributed by atoms with van der Waals surface area (Å²) in [6, 6.07) is 9.24. The second-order valence-electron chi connectivity index (χ2n) is 4.79. The van der Waals surface area contributed by atoms with Crippen LogP contribution in [0.25, 0.3) is 0 Å². The van der Waals surface area contributed by atoms with Crippen LogP contribution < -0.4 is 10.6 Å². The quantitative estimate of drug-likeness (QED) is 0.860. The summed E-state index contributed by atoms with van der Waals surface area (Å²) in [6.45, 7) is 2.98. The van der Waals surface area contributed by atoms with Crippen LogP contribution in [0, 0.1) is 12.7 Å². The smallest absolute Gasteiger partial charge is 0.255 e. The molecule has 0 aliphatic rings. The summed E-state index contributed by atoms with van der Waals surface area (Å²) in [7, 11) is 0. The van der Waals surface area contributed by atoms with E-state index in [0.717, 1.165) is 4.47 Å². The molecule has 6 heteroatoms. The lowest BCUT2D eigenvalue weighted by Gasteiger charge is -2.12. The summed E-state index contributed by atoms with van der Waals surface area (Å²) in [4.78, 5) is 23.5. The molecule has 2 amide bonds. The Labute approximate surface area is 135 Å². The number of hydrogen-bond donors (Lipinski definition) is 2. The van der Waals surface area contributed by atoms with Gasteiger partial charge in [-0.25, -0.2) is 4.39 Å². The number of carbonyl (C=O) groups excluding carboxylic acids is 2. The summed E-state index contributed by atoms with van der Waals surface area (Å²) in [6.07, 6.45) is 0. The Balaban J connectivity index is 2.29. The zero-order valence-corrected chi connectivity index (χ0v) is 13.6. The number of rotatable bonds is 3. The second kappa shape index (κ2) is 6.70. The zero-order valence-electron chi connectivity index (χ0n) is 12.0. The average molecular weight is 365 g/mol. The van der Waals surface area contributed by atoms with Crippen LogP contribution in [-0.4, -0.2) is 11.8 Å². The van der Waals surface area contributed by atoms with Crippen LogP contribution in [0.2, 0.25) is 0 Å². The second-order valence-corrected chi connectivity index (χ2v) is 5.70. The van der Waals surface area contributed by atoms with Crippen molar-refractivity contribution in [2.75, 3.05) is 10.6 Å². The van der Waals surface area contributed by atoms with Crippen LogP contribution in [-0.2, 0) is 4.79 Å². The highest BCUT2D eigenvalue weighted by Gasteiger charge is 2.12. The minimum atomic E-state index is -0.382. The average Bonchev–Trinajstić information content (AvgIpc) is 2.44. The van der Waals surface area contributed by atoms with Gasteiger partial charge in [0.15, 0.2) is 0 Å². The maximum absolute atomic E-state index is 13.3. The van der Waals surface area contributed by atoms with Crippen LogP contribution in [0.1, 0.15) is 22.8 Å². The first-order valence-corrected chi connectivity index (χ1v) is 7.31. The molecule has 0 fully saturated rings. The number of anilines is 2. The number of nitrogens with one attached hydrogen (secondary N) is 2. The molecule has 0 spiro atoms. The Morgan fingerprint density at radius 2 is 1.77 bits per heavy atom. The van der Waals surface area contributed by atoms with Gasteiger partial charge in [-0.1, -0.05) is 15.9 Å². The van der Waals surface area contributed by atoms with E-state index >= 15 is 0 Å². The molecule has 2 aromatic rings. The minimum absolute atomic E-state index is 0.240. The van der Waals surface area contributed by atoms with Crippen molar-refractivity contribution in [2.45, 2.75) is 13.8 Å². The molecular weight excluding hydrogens is 351 g/mol. The summed E-state index contributed by atoms with van der Waals surface area (Å²) >= 11 is 3.32. The van der Waals surface area contributed by atoms with Gasteiger partial charge in [0.1, 0.15) is 5.82 Å². The minimum Gasteiger partial charge on any atom is -0.325 e. The first-order valence-electron chi connectivity index (χ1n) is 6.51. The Morgan fingerprint density at radius 3 is 2.41 bits per heavy atom. The van der Waals surface area contributed by atoms with Gasteiger partial charge in [0.2, 0.25) is 5.91 Å². The molecule has 2 rings (SSSR count). The van der Waals surface area contributed by atoms with E-state index < -0.39 is 0 Å². The summed E-state index contributed by atoms with van der Waals surface area (Å²) in [5.41, 5.74) is 1.68. The third kappa shape index (κ3) is 3.92. The van der Waals surface area contributed by atoms with E-state index in [-0.39, 0.29) is 17.6 Å². The fraction of sp³-hybridized carbons (Fsp3) is 0.125. The monoisotopic (exact) mass is 364 g/mol. The number of benzene rings is 2. The number of hydrogen-bond acceptors (Lipinski definition) is 2. The molecule has 0 saturated carbocycles. The summed E-state index contributed by atoms with van der Waals surface area (Å²) < 4.78 is 14.0. The fourth-order valence-corrected chi connectivity index (χ4v) is 2.26. The lowest BCUT2D eigenvalue weighted by molar-refractivity contribution is -0.114. The van der Waals surface area contributed by atoms with Gasteiger partial charge in [-0.2, -0.15) is 0 Å². The van der Waals surface area contributed by atoms with Crippen LogP contribution in [0.15, 0.2) is 40.9 Å². The summed E-state index contributed by atoms with van der Waals surface area (Å²) in [5, 5.41) is 5.36. The predicted molar refractivity (Wildman–Crippen MR) is 87.5 cm³/mol. The Morgan fingerprint density at radius 1 is 1.05 bits per heavy atom. The van der Waals surface area contributed by atoms with Crippen molar-refractivity contribution >= 4 is 39.1 Å². The molecule has 2 N–H and O–H groups in total. The molecule has 0 radical (unpaired) electrons. The van der Waals surface area contributed by atoms with E-state index in [9.17, 15) is 14.0 Å². The molecule has 0 aliphatic heterocycles. The first-order chi connectivity index (χ1) is 10.4. The third-order valence-electron chi connectivity index (χ3n) is 2.96. The highest BCUT2D eigenvalue weighted by molar-refractivity contribution is 9.10. The van der Waals surface area contributed by atoms with Crippen molar-refractivity contribution in [3.05, 3.63) is 57.8 Å². The fourth-order valence-electron chi connectivity index (χ4n) is 1.90. The van der Waals surface area contributed by atoms with Crippen LogP contribution in [0.4, 0.5) is 15.8 Å². The topological polar surface area (TPSA) is 58.2 Å². The number of aryl methyl sites for hydroxylation is 1. The highest BCUT2D eigenvalue weighted by Crippen LogP contribution is 2.26. The van der Waals surface area contributed by atoms with Gasteiger partial charge in [-0.3, -0.25) is 9.59 Å². The van der Waals surface area contributed by atoms with Gasteiger partial charge in [0, 0.05) is 17.0 Å². The van der Waals surface area contributed by atoms with Crippen LogP contribution in [0.3, 0.4) is 0 Å². The molecule has 0 aliphatic carbocycles. The molecule has 4 nitrogen and oxygen atoms in total. The predicted octanol–water partition coefficient (Wildman–Crippen LogP) is 4.11. The Bertz CT molecular complexity index is 747. The lowest BCUT2D eigenvalue weighted by atomic mass is 10.1. The molecule has 0 aromatic heterocycles. The van der Waals surface area contributed by atoms with Crippen molar-refractivity contribution in [1.82, 2.24) is 0 Å². The van der Waals surface area contributed by atoms with Crippen molar-refractivity contribution < 1.29 is 14.0 Å². The third-order valence-corrected chi connectivity index (χ3v) is 3.45. The summed E-state index contributed by atoms with van der Waals surface area (Å²) in [5.74, 6) is -0.985. The number of amides is 2. The van der Waals surface area contributed by atoms with Crippen molar-refractivity contribution in [1.29, 1.82) is 0 Å². The molecule has 0 saturated heterocycles. The zero-order chi connectivity index (χ0) is 16.3. The van der Waals surface area contributed by atoms with Crippen molar-refractivity contribution in [3.63, 3.8) is 0 Å². The highest BCUT2D eigenvalue weighted by atomic mass is 79.9. The molecule has 0 unspecified atom stereocenters. The van der Waals surface area contributed by atoms with E-state index in [1.807, 2.05) is 0 Å². The molecule has 22 heavy (non-hydrogen) atoms. The van der Waals surface area contributed by atoms with Gasteiger partial charge < -0.3 is 10.6 Å². The first kappa shape index (κ1) is 16.2. The van der Waals surface area contributed by atoms with Gasteiger partial charge in [0.25, 0.3) is 5.91 Å². The molecule has 0 atom stereocenters. The number of halogens is 2. The molecule has 0 bridgehead atoms. The van der Waals surface area contributed by atoms with E-state index in [1.54, 1.807) is 25.1 Å². The van der Waals surface area contributed by atoms with Crippen LogP contribution in [0.5, 0.6) is 0 Å². The normalized spacial score (nSPS) is 10.2. The Hall–Kier alpha value is -2.21. The van der Waals surface area contributed by atoms with Gasteiger partial charge in [-0.15, -0.1) is 0 Å². The maximum Gasteiger partial charge on any atom is 0.255 e. The van der Waals surface area contributed by atoms with Gasteiger partial charge >= 0.3 is 0 Å². The van der Waals surface area contributed by atoms with E-state index in [4.69, 9.17) is 0 Å². The largest absolute Gasteiger partial charge is 0.325 e. The van der Waals surface area contributed by atoms with E-state index in [2.05, 4.69) is 26.6 Å². The van der Waals surface area contributed by atoms with Crippen LogP contribution >= 0.6 is 15.9 Å². The molecular formula is C16H14BrFN2O2. The standard InChI is InChI=1S/C16H14BrFN2O2/c1-9-7-11(3-5-13(9)18)16(22)20-15-8-12(17)4-6-14(15)19-10(2)21/h3-8H,1-2H3,(H,19,21)(H,20,22). The lowest BCUT2D eigenvalue weighted by Crippen LogP contribution is -2.15. The Kier molecular flexibility index (Phi) is 4.92. The molecule has 0 heterocycles. The van der Waals surface area contributed by atoms with Crippen molar-refractivity contribution in [3.8, 4) is 0 Å². The SMILES string of the molecule is CC(=O)Nc1ccc(Br)cc1NC(=O)c1ccc(F)c(C)c1.